The first-order valence-electron chi connectivity index (χ1n) is 9.68. The van der Waals surface area contributed by atoms with Crippen molar-refractivity contribution in [1.82, 2.24) is 9.80 Å². The number of thiocarbonyl (C=S) groups is 1. The zero-order valence-corrected chi connectivity index (χ0v) is 18.3. The smallest absolute Gasteiger partial charge is 0.203 e. The van der Waals surface area contributed by atoms with E-state index in [-0.39, 0.29) is 0 Å². The molecule has 1 fully saturated rings. The first-order valence-corrected chi connectivity index (χ1v) is 10.1. The van der Waals surface area contributed by atoms with Crippen LogP contribution in [0.1, 0.15) is 11.1 Å². The molecule has 7 heteroatoms. The molecule has 0 amide bonds. The maximum atomic E-state index is 5.63. The Hall–Kier alpha value is -2.51. The number of aryl methyl sites for hydroxylation is 1. The van der Waals surface area contributed by atoms with Crippen LogP contribution in [0.2, 0.25) is 0 Å². The topological polar surface area (TPSA) is 46.2 Å². The quantitative estimate of drug-likeness (QED) is 0.724. The second-order valence-electron chi connectivity index (χ2n) is 7.04. The van der Waals surface area contributed by atoms with E-state index in [0.29, 0.717) is 17.2 Å². The van der Waals surface area contributed by atoms with E-state index in [1.165, 1.54) is 5.56 Å². The summed E-state index contributed by atoms with van der Waals surface area (Å²) in [5.74, 6) is 1.99. The number of rotatable bonds is 6. The molecule has 6 nitrogen and oxygen atoms in total. The number of nitrogens with one attached hydrogen (secondary N) is 1. The average molecular weight is 416 g/mol. The largest absolute Gasteiger partial charge is 0.493 e. The molecule has 2 aromatic carbocycles. The maximum Gasteiger partial charge on any atom is 0.203 e. The number of piperazine rings is 1. The van der Waals surface area contributed by atoms with Crippen LogP contribution in [-0.4, -0.2) is 62.4 Å². The zero-order valence-electron chi connectivity index (χ0n) is 17.5. The molecule has 2 aromatic rings. The highest BCUT2D eigenvalue weighted by Gasteiger charge is 2.21. The van der Waals surface area contributed by atoms with Crippen LogP contribution < -0.4 is 19.5 Å². The number of ether oxygens (including phenoxy) is 3. The van der Waals surface area contributed by atoms with Gasteiger partial charge in [0.15, 0.2) is 16.6 Å². The minimum atomic E-state index is 0.621. The van der Waals surface area contributed by atoms with Gasteiger partial charge in [0.05, 0.1) is 21.3 Å². The molecular weight excluding hydrogens is 386 g/mol. The van der Waals surface area contributed by atoms with Crippen LogP contribution in [0.4, 0.5) is 5.69 Å². The van der Waals surface area contributed by atoms with Crippen LogP contribution in [0, 0.1) is 6.92 Å². The molecule has 0 radical (unpaired) electrons. The van der Waals surface area contributed by atoms with Gasteiger partial charge in [0.1, 0.15) is 0 Å². The van der Waals surface area contributed by atoms with Gasteiger partial charge in [0.25, 0.3) is 0 Å². The Morgan fingerprint density at radius 2 is 1.59 bits per heavy atom. The lowest BCUT2D eigenvalue weighted by Crippen LogP contribution is -2.49. The SMILES string of the molecule is COc1cc(CN2CCN(C(=S)Nc3ccccc3C)CC2)cc(OC)c1OC. The summed E-state index contributed by atoms with van der Waals surface area (Å²) in [5, 5.41) is 4.16. The van der Waals surface area contributed by atoms with Crippen LogP contribution >= 0.6 is 12.2 Å². The molecule has 0 unspecified atom stereocenters. The molecule has 1 aliphatic heterocycles. The van der Waals surface area contributed by atoms with Gasteiger partial charge in [-0.05, 0) is 48.5 Å². The van der Waals surface area contributed by atoms with Gasteiger partial charge < -0.3 is 24.4 Å². The molecule has 0 aliphatic carbocycles. The Kier molecular flexibility index (Phi) is 7.17. The first kappa shape index (κ1) is 21.2. The van der Waals surface area contributed by atoms with Crippen LogP contribution in [0.25, 0.3) is 0 Å². The van der Waals surface area contributed by atoms with E-state index in [2.05, 4.69) is 34.2 Å². The van der Waals surface area contributed by atoms with Gasteiger partial charge in [0, 0.05) is 38.4 Å². The fourth-order valence-electron chi connectivity index (χ4n) is 3.50. The Morgan fingerprint density at radius 1 is 0.966 bits per heavy atom. The predicted octanol–water partition coefficient (Wildman–Crippen LogP) is 3.54. The Morgan fingerprint density at radius 3 is 2.14 bits per heavy atom. The van der Waals surface area contributed by atoms with Crippen molar-refractivity contribution in [2.45, 2.75) is 13.5 Å². The van der Waals surface area contributed by atoms with Gasteiger partial charge in [0.2, 0.25) is 5.75 Å². The molecule has 0 spiro atoms. The molecule has 0 bridgehead atoms. The fraction of sp³-hybridized carbons (Fsp3) is 0.409. The van der Waals surface area contributed by atoms with Gasteiger partial charge in [-0.15, -0.1) is 0 Å². The molecule has 156 valence electrons. The van der Waals surface area contributed by atoms with Gasteiger partial charge >= 0.3 is 0 Å². The normalized spacial score (nSPS) is 14.4. The van der Waals surface area contributed by atoms with Crippen molar-refractivity contribution in [3.8, 4) is 17.2 Å². The molecule has 1 heterocycles. The molecule has 1 N–H and O–H groups in total. The molecule has 1 aliphatic rings. The molecule has 1 saturated heterocycles. The van der Waals surface area contributed by atoms with Gasteiger partial charge in [-0.25, -0.2) is 0 Å². The number of nitrogens with zero attached hydrogens (tertiary/aromatic N) is 2. The highest BCUT2D eigenvalue weighted by atomic mass is 32.1. The minimum Gasteiger partial charge on any atom is -0.493 e. The third kappa shape index (κ3) is 5.10. The van der Waals surface area contributed by atoms with Crippen molar-refractivity contribution in [3.05, 3.63) is 47.5 Å². The number of hydrogen-bond donors (Lipinski definition) is 1. The zero-order chi connectivity index (χ0) is 20.8. The molecule has 29 heavy (non-hydrogen) atoms. The van der Waals surface area contributed by atoms with E-state index < -0.39 is 0 Å². The highest BCUT2D eigenvalue weighted by molar-refractivity contribution is 7.80. The van der Waals surface area contributed by atoms with E-state index in [4.69, 9.17) is 26.4 Å². The molecule has 0 atom stereocenters. The number of benzene rings is 2. The van der Waals surface area contributed by atoms with Crippen LogP contribution in [0.3, 0.4) is 0 Å². The van der Waals surface area contributed by atoms with Crippen LogP contribution in [0.15, 0.2) is 36.4 Å². The Labute approximate surface area is 178 Å². The van der Waals surface area contributed by atoms with Crippen molar-refractivity contribution in [2.24, 2.45) is 0 Å². The number of methoxy groups -OCH3 is 3. The molecule has 0 aromatic heterocycles. The average Bonchev–Trinajstić information content (AvgIpc) is 2.75. The number of para-hydroxylation sites is 1. The lowest BCUT2D eigenvalue weighted by atomic mass is 10.1. The standard InChI is InChI=1S/C22H29N3O3S/c1-16-7-5-6-8-18(16)23-22(29)25-11-9-24(10-12-25)15-17-13-19(26-2)21(28-4)20(14-17)27-3/h5-8,13-14H,9-12,15H2,1-4H3,(H,23,29). The maximum absolute atomic E-state index is 5.63. The van der Waals surface area contributed by atoms with Gasteiger partial charge in [-0.3, -0.25) is 4.90 Å². The van der Waals surface area contributed by atoms with Crippen molar-refractivity contribution < 1.29 is 14.2 Å². The Bertz CT molecular complexity index is 826. The van der Waals surface area contributed by atoms with E-state index >= 15 is 0 Å². The lowest BCUT2D eigenvalue weighted by Gasteiger charge is -2.36. The monoisotopic (exact) mass is 415 g/mol. The fourth-order valence-corrected chi connectivity index (χ4v) is 3.79. The van der Waals surface area contributed by atoms with Gasteiger partial charge in [-0.1, -0.05) is 18.2 Å². The van der Waals surface area contributed by atoms with Crippen molar-refractivity contribution in [1.29, 1.82) is 0 Å². The summed E-state index contributed by atoms with van der Waals surface area (Å²) in [5.41, 5.74) is 3.39. The van der Waals surface area contributed by atoms with E-state index in [1.807, 2.05) is 24.3 Å². The lowest BCUT2D eigenvalue weighted by molar-refractivity contribution is 0.176. The van der Waals surface area contributed by atoms with E-state index in [9.17, 15) is 0 Å². The molecule has 0 saturated carbocycles. The van der Waals surface area contributed by atoms with Crippen molar-refractivity contribution in [3.63, 3.8) is 0 Å². The van der Waals surface area contributed by atoms with Crippen molar-refractivity contribution in [2.75, 3.05) is 52.8 Å². The third-order valence-corrected chi connectivity index (χ3v) is 5.54. The third-order valence-electron chi connectivity index (χ3n) is 5.18. The summed E-state index contributed by atoms with van der Waals surface area (Å²) >= 11 is 5.63. The van der Waals surface area contributed by atoms with Crippen molar-refractivity contribution >= 4 is 23.0 Å². The van der Waals surface area contributed by atoms with Crippen LogP contribution in [-0.2, 0) is 6.54 Å². The second kappa shape index (κ2) is 9.80. The number of anilines is 1. The minimum absolute atomic E-state index is 0.621. The molecular formula is C22H29N3O3S. The Balaban J connectivity index is 1.58. The summed E-state index contributed by atoms with van der Waals surface area (Å²) in [6, 6.07) is 12.2. The summed E-state index contributed by atoms with van der Waals surface area (Å²) in [4.78, 5) is 4.64. The second-order valence-corrected chi connectivity index (χ2v) is 7.43. The highest BCUT2D eigenvalue weighted by Crippen LogP contribution is 2.38. The summed E-state index contributed by atoms with van der Waals surface area (Å²) in [7, 11) is 4.90. The number of hydrogen-bond acceptors (Lipinski definition) is 5. The first-order chi connectivity index (χ1) is 14.0. The summed E-state index contributed by atoms with van der Waals surface area (Å²) in [6.07, 6.45) is 0. The summed E-state index contributed by atoms with van der Waals surface area (Å²) < 4.78 is 16.3. The molecule has 3 rings (SSSR count). The summed E-state index contributed by atoms with van der Waals surface area (Å²) in [6.45, 7) is 6.56. The predicted molar refractivity (Wildman–Crippen MR) is 120 cm³/mol. The van der Waals surface area contributed by atoms with Gasteiger partial charge in [-0.2, -0.15) is 0 Å². The van der Waals surface area contributed by atoms with E-state index in [1.54, 1.807) is 21.3 Å². The van der Waals surface area contributed by atoms with E-state index in [0.717, 1.165) is 49.1 Å². The van der Waals surface area contributed by atoms with Crippen LogP contribution in [0.5, 0.6) is 17.2 Å².